The quantitative estimate of drug-likeness (QED) is 0.467. The number of hydrogen-bond donors (Lipinski definition) is 2. The molecule has 8 heteroatoms. The molecule has 0 radical (unpaired) electrons. The van der Waals surface area contributed by atoms with Gasteiger partial charge in [0.2, 0.25) is 0 Å². The van der Waals surface area contributed by atoms with Crippen molar-refractivity contribution in [1.82, 2.24) is 5.32 Å². The number of nitrogens with zero attached hydrogens (tertiary/aromatic N) is 1. The number of nitrogens with one attached hydrogen (secondary N) is 1. The molecule has 1 rings (SSSR count). The third kappa shape index (κ3) is 3.89. The zero-order valence-corrected chi connectivity index (χ0v) is 11.2. The molecule has 1 amide bonds. The number of carbonyl (C=O) groups is 1. The average molecular weight is 285 g/mol. The highest BCUT2D eigenvalue weighted by Crippen LogP contribution is 2.24. The highest BCUT2D eigenvalue weighted by molar-refractivity contribution is 5.99. The first-order chi connectivity index (χ1) is 9.36. The Hall–Kier alpha value is -2.22. The molecule has 0 spiro atoms. The number of nitrogen functional groups attached to an aromatic ring is 1. The summed E-state index contributed by atoms with van der Waals surface area (Å²) in [5.74, 6) is -1.63. The molecule has 0 aliphatic carbocycles. The molecule has 110 valence electrons. The van der Waals surface area contributed by atoms with E-state index in [9.17, 15) is 19.3 Å². The molecule has 0 bridgehead atoms. The van der Waals surface area contributed by atoms with E-state index in [1.165, 1.54) is 0 Å². The van der Waals surface area contributed by atoms with Gasteiger partial charge in [0.15, 0.2) is 5.82 Å². The lowest BCUT2D eigenvalue weighted by molar-refractivity contribution is -0.385. The summed E-state index contributed by atoms with van der Waals surface area (Å²) in [6.07, 6.45) is 0. The second-order valence-electron chi connectivity index (χ2n) is 4.18. The van der Waals surface area contributed by atoms with E-state index < -0.39 is 22.3 Å². The zero-order valence-electron chi connectivity index (χ0n) is 11.2. The molecule has 0 saturated heterocycles. The first-order valence-electron chi connectivity index (χ1n) is 5.98. The molecule has 1 aromatic rings. The number of nitrogens with two attached hydrogens (primary N) is 1. The van der Waals surface area contributed by atoms with Gasteiger partial charge in [0.1, 0.15) is 5.56 Å². The van der Waals surface area contributed by atoms with Gasteiger partial charge in [-0.15, -0.1) is 0 Å². The molecule has 1 atom stereocenters. The fraction of sp³-hybridized carbons (Fsp3) is 0.417. The van der Waals surface area contributed by atoms with Crippen molar-refractivity contribution < 1.29 is 18.8 Å². The Labute approximate surface area is 115 Å². The minimum absolute atomic E-state index is 0.271. The highest BCUT2D eigenvalue weighted by atomic mass is 19.1. The molecule has 20 heavy (non-hydrogen) atoms. The van der Waals surface area contributed by atoms with Crippen LogP contribution in [0.4, 0.5) is 15.8 Å². The molecule has 0 saturated carbocycles. The Morgan fingerprint density at radius 3 is 2.80 bits per heavy atom. The summed E-state index contributed by atoms with van der Waals surface area (Å²) in [5, 5.41) is 13.4. The van der Waals surface area contributed by atoms with Crippen molar-refractivity contribution in [3.63, 3.8) is 0 Å². The maximum atomic E-state index is 13.2. The van der Waals surface area contributed by atoms with Crippen LogP contribution in [0.2, 0.25) is 0 Å². The lowest BCUT2D eigenvalue weighted by Gasteiger charge is -2.14. The van der Waals surface area contributed by atoms with Crippen LogP contribution >= 0.6 is 0 Å². The summed E-state index contributed by atoms with van der Waals surface area (Å²) >= 11 is 0. The Morgan fingerprint density at radius 1 is 1.60 bits per heavy atom. The van der Waals surface area contributed by atoms with Crippen LogP contribution in [0.3, 0.4) is 0 Å². The molecule has 0 heterocycles. The third-order valence-electron chi connectivity index (χ3n) is 2.51. The zero-order chi connectivity index (χ0) is 15.3. The van der Waals surface area contributed by atoms with E-state index in [0.29, 0.717) is 12.7 Å². The SMILES string of the molecule is CCOCC(C)NC(=O)c1cc(N)c(F)cc1[N+](=O)[O-]. The summed E-state index contributed by atoms with van der Waals surface area (Å²) in [5.41, 5.74) is 4.11. The standard InChI is InChI=1S/C12H16FN3O4/c1-3-20-6-7(2)15-12(17)8-4-10(14)9(13)5-11(8)16(18)19/h4-5,7H,3,6,14H2,1-2H3,(H,15,17). The summed E-state index contributed by atoms with van der Waals surface area (Å²) in [4.78, 5) is 22.0. The fourth-order valence-electron chi connectivity index (χ4n) is 1.55. The Kier molecular flexibility index (Phi) is 5.39. The molecular formula is C12H16FN3O4. The molecule has 7 nitrogen and oxygen atoms in total. The smallest absolute Gasteiger partial charge is 0.285 e. The first kappa shape index (κ1) is 15.8. The summed E-state index contributed by atoms with van der Waals surface area (Å²) in [6, 6.07) is 1.25. The monoisotopic (exact) mass is 285 g/mol. The maximum absolute atomic E-state index is 13.2. The summed E-state index contributed by atoms with van der Waals surface area (Å²) in [6.45, 7) is 4.25. The molecular weight excluding hydrogens is 269 g/mol. The van der Waals surface area contributed by atoms with E-state index in [1.807, 2.05) is 0 Å². The van der Waals surface area contributed by atoms with Gasteiger partial charge < -0.3 is 15.8 Å². The number of amides is 1. The molecule has 0 aliphatic heterocycles. The maximum Gasteiger partial charge on any atom is 0.285 e. The van der Waals surface area contributed by atoms with Crippen molar-refractivity contribution in [2.24, 2.45) is 0 Å². The number of anilines is 1. The van der Waals surface area contributed by atoms with Crippen LogP contribution < -0.4 is 11.1 Å². The van der Waals surface area contributed by atoms with Crippen molar-refractivity contribution >= 4 is 17.3 Å². The minimum atomic E-state index is -0.935. The van der Waals surface area contributed by atoms with Crippen LogP contribution in [0.15, 0.2) is 12.1 Å². The third-order valence-corrected chi connectivity index (χ3v) is 2.51. The van der Waals surface area contributed by atoms with E-state index in [4.69, 9.17) is 10.5 Å². The topological polar surface area (TPSA) is 107 Å². The summed E-state index contributed by atoms with van der Waals surface area (Å²) in [7, 11) is 0. The number of carbonyl (C=O) groups excluding carboxylic acids is 1. The van der Waals surface area contributed by atoms with Gasteiger partial charge in [-0.05, 0) is 19.9 Å². The Balaban J connectivity index is 2.97. The van der Waals surface area contributed by atoms with Gasteiger partial charge in [0, 0.05) is 12.6 Å². The van der Waals surface area contributed by atoms with Crippen LogP contribution in [0.25, 0.3) is 0 Å². The average Bonchev–Trinajstić information content (AvgIpc) is 2.38. The molecule has 0 aromatic heterocycles. The van der Waals surface area contributed by atoms with Gasteiger partial charge >= 0.3 is 0 Å². The number of halogens is 1. The molecule has 0 fully saturated rings. The predicted molar refractivity (Wildman–Crippen MR) is 70.9 cm³/mol. The molecule has 3 N–H and O–H groups in total. The van der Waals surface area contributed by atoms with E-state index in [2.05, 4.69) is 5.32 Å². The van der Waals surface area contributed by atoms with Gasteiger partial charge in [-0.1, -0.05) is 0 Å². The van der Waals surface area contributed by atoms with Crippen molar-refractivity contribution in [2.75, 3.05) is 18.9 Å². The van der Waals surface area contributed by atoms with Crippen molar-refractivity contribution in [2.45, 2.75) is 19.9 Å². The van der Waals surface area contributed by atoms with Crippen LogP contribution in [-0.4, -0.2) is 30.1 Å². The largest absolute Gasteiger partial charge is 0.396 e. The van der Waals surface area contributed by atoms with Crippen molar-refractivity contribution in [3.05, 3.63) is 33.6 Å². The van der Waals surface area contributed by atoms with Crippen LogP contribution in [0, 0.1) is 15.9 Å². The van der Waals surface area contributed by atoms with Crippen LogP contribution in [0.1, 0.15) is 24.2 Å². The van der Waals surface area contributed by atoms with E-state index >= 15 is 0 Å². The highest BCUT2D eigenvalue weighted by Gasteiger charge is 2.23. The van der Waals surface area contributed by atoms with E-state index in [-0.39, 0.29) is 23.9 Å². The van der Waals surface area contributed by atoms with Crippen LogP contribution in [-0.2, 0) is 4.74 Å². The first-order valence-corrected chi connectivity index (χ1v) is 5.98. The fourth-order valence-corrected chi connectivity index (χ4v) is 1.55. The minimum Gasteiger partial charge on any atom is -0.396 e. The number of nitro benzene ring substituents is 1. The lowest BCUT2D eigenvalue weighted by atomic mass is 10.1. The summed E-state index contributed by atoms with van der Waals surface area (Å²) < 4.78 is 18.4. The molecule has 1 unspecified atom stereocenters. The Morgan fingerprint density at radius 2 is 2.25 bits per heavy atom. The van der Waals surface area contributed by atoms with E-state index in [1.54, 1.807) is 13.8 Å². The van der Waals surface area contributed by atoms with Crippen molar-refractivity contribution in [1.29, 1.82) is 0 Å². The van der Waals surface area contributed by atoms with Crippen molar-refractivity contribution in [3.8, 4) is 0 Å². The van der Waals surface area contributed by atoms with E-state index in [0.717, 1.165) is 6.07 Å². The lowest BCUT2D eigenvalue weighted by Crippen LogP contribution is -2.36. The number of ether oxygens (including phenoxy) is 1. The number of hydrogen-bond acceptors (Lipinski definition) is 5. The molecule has 0 aliphatic rings. The second kappa shape index (κ2) is 6.80. The number of rotatable bonds is 6. The van der Waals surface area contributed by atoms with Gasteiger partial charge in [-0.25, -0.2) is 4.39 Å². The van der Waals surface area contributed by atoms with Crippen LogP contribution in [0.5, 0.6) is 0 Å². The molecule has 1 aromatic carbocycles. The number of nitro groups is 1. The predicted octanol–water partition coefficient (Wildman–Crippen LogP) is 1.47. The second-order valence-corrected chi connectivity index (χ2v) is 4.18. The van der Waals surface area contributed by atoms with Gasteiger partial charge in [0.25, 0.3) is 11.6 Å². The van der Waals surface area contributed by atoms with Gasteiger partial charge in [-0.3, -0.25) is 14.9 Å². The van der Waals surface area contributed by atoms with Gasteiger partial charge in [-0.2, -0.15) is 0 Å². The Bertz CT molecular complexity index is 522. The number of benzene rings is 1. The normalized spacial score (nSPS) is 11.9. The van der Waals surface area contributed by atoms with Gasteiger partial charge in [0.05, 0.1) is 23.3 Å².